The largest absolute Gasteiger partial charge is 0.350 e. The molecule has 0 saturated carbocycles. The molecule has 7 heteroatoms. The summed E-state index contributed by atoms with van der Waals surface area (Å²) >= 11 is 7.42. The summed E-state index contributed by atoms with van der Waals surface area (Å²) in [6, 6.07) is 15.0. The number of amides is 1. The number of rotatable bonds is 9. The van der Waals surface area contributed by atoms with Crippen LogP contribution in [0.3, 0.4) is 0 Å². The number of nitrogens with zero attached hydrogens (tertiary/aromatic N) is 1. The number of nitrogens with one attached hydrogen (secondary N) is 2. The highest BCUT2D eigenvalue weighted by Gasteiger charge is 2.10. The predicted molar refractivity (Wildman–Crippen MR) is 112 cm³/mol. The van der Waals surface area contributed by atoms with Crippen molar-refractivity contribution in [1.82, 2.24) is 15.6 Å². The summed E-state index contributed by atoms with van der Waals surface area (Å²) in [4.78, 5) is 27.3. The van der Waals surface area contributed by atoms with Crippen molar-refractivity contribution in [2.75, 3.05) is 6.54 Å². The molecule has 5 nitrogen and oxygen atoms in total. The van der Waals surface area contributed by atoms with E-state index in [-0.39, 0.29) is 5.91 Å². The second kappa shape index (κ2) is 10.1. The van der Waals surface area contributed by atoms with Crippen LogP contribution in [-0.2, 0) is 19.5 Å². The molecule has 0 radical (unpaired) electrons. The van der Waals surface area contributed by atoms with Crippen molar-refractivity contribution >= 4 is 35.1 Å². The van der Waals surface area contributed by atoms with E-state index in [1.54, 1.807) is 17.5 Å². The maximum absolute atomic E-state index is 12.2. The number of halogens is 1. The van der Waals surface area contributed by atoms with E-state index < -0.39 is 0 Å². The molecule has 0 aliphatic rings. The third-order valence-electron chi connectivity index (χ3n) is 4.09. The second-order valence-electron chi connectivity index (χ2n) is 6.23. The average molecular weight is 414 g/mol. The summed E-state index contributed by atoms with van der Waals surface area (Å²) in [5.41, 5.74) is 3.26. The zero-order valence-corrected chi connectivity index (χ0v) is 16.7. The fourth-order valence-electron chi connectivity index (χ4n) is 2.63. The van der Waals surface area contributed by atoms with E-state index in [9.17, 15) is 9.59 Å². The Morgan fingerprint density at radius 1 is 1.11 bits per heavy atom. The number of benzene rings is 2. The van der Waals surface area contributed by atoms with Crippen LogP contribution in [0.5, 0.6) is 0 Å². The standard InChI is InChI=1S/C21H20ClN3O2S/c22-18-3-1-2-15(10-18)8-9-24-21(27)19-14-28-20(25-19)12-23-11-16-4-6-17(13-26)7-5-16/h1-7,10,13-14,23H,8-9,11-12H2,(H,24,27). The fourth-order valence-corrected chi connectivity index (χ4v) is 3.58. The molecule has 3 rings (SSSR count). The lowest BCUT2D eigenvalue weighted by atomic mass is 10.1. The van der Waals surface area contributed by atoms with Crippen molar-refractivity contribution in [3.05, 3.63) is 86.3 Å². The molecule has 0 spiro atoms. The lowest BCUT2D eigenvalue weighted by Gasteiger charge is -2.04. The molecule has 144 valence electrons. The molecule has 0 unspecified atom stereocenters. The second-order valence-corrected chi connectivity index (χ2v) is 7.60. The van der Waals surface area contributed by atoms with Crippen LogP contribution < -0.4 is 10.6 Å². The Labute approximate surface area is 172 Å². The molecule has 1 amide bonds. The van der Waals surface area contributed by atoms with Crippen molar-refractivity contribution in [3.8, 4) is 0 Å². The van der Waals surface area contributed by atoms with Crippen LogP contribution >= 0.6 is 22.9 Å². The molecule has 28 heavy (non-hydrogen) atoms. The van der Waals surface area contributed by atoms with Crippen LogP contribution in [0.2, 0.25) is 5.02 Å². The number of aldehydes is 1. The third kappa shape index (κ3) is 5.99. The van der Waals surface area contributed by atoms with E-state index in [1.807, 2.05) is 36.4 Å². The quantitative estimate of drug-likeness (QED) is 0.522. The van der Waals surface area contributed by atoms with Gasteiger partial charge >= 0.3 is 0 Å². The van der Waals surface area contributed by atoms with Gasteiger partial charge in [0.05, 0.1) is 0 Å². The van der Waals surface area contributed by atoms with Crippen molar-refractivity contribution in [2.45, 2.75) is 19.5 Å². The Morgan fingerprint density at radius 3 is 2.68 bits per heavy atom. The SMILES string of the molecule is O=Cc1ccc(CNCc2nc(C(=O)NCCc3cccc(Cl)c3)cs2)cc1. The third-order valence-corrected chi connectivity index (χ3v) is 5.18. The maximum Gasteiger partial charge on any atom is 0.270 e. The predicted octanol–water partition coefficient (Wildman–Crippen LogP) is 3.87. The smallest absolute Gasteiger partial charge is 0.270 e. The summed E-state index contributed by atoms with van der Waals surface area (Å²) in [6.07, 6.45) is 1.54. The van der Waals surface area contributed by atoms with E-state index >= 15 is 0 Å². The van der Waals surface area contributed by atoms with Gasteiger partial charge in [0.15, 0.2) is 0 Å². The highest BCUT2D eigenvalue weighted by atomic mass is 35.5. The Balaban J connectivity index is 1.42. The molecular formula is C21H20ClN3O2S. The summed E-state index contributed by atoms with van der Waals surface area (Å²) in [5.74, 6) is -0.172. The summed E-state index contributed by atoms with van der Waals surface area (Å²) in [5, 5.41) is 9.49. The number of thiazole rings is 1. The van der Waals surface area contributed by atoms with Gasteiger partial charge in [-0.1, -0.05) is 48.0 Å². The molecule has 3 aromatic rings. The molecule has 0 bridgehead atoms. The lowest BCUT2D eigenvalue weighted by molar-refractivity contribution is 0.0949. The van der Waals surface area contributed by atoms with Gasteiger partial charge in [0, 0.05) is 35.6 Å². The Kier molecular flexibility index (Phi) is 7.31. The number of carbonyl (C=O) groups is 2. The lowest BCUT2D eigenvalue weighted by Crippen LogP contribution is -2.26. The van der Waals surface area contributed by atoms with Gasteiger partial charge in [-0.05, 0) is 29.7 Å². The average Bonchev–Trinajstić information content (AvgIpc) is 3.18. The zero-order chi connectivity index (χ0) is 19.8. The van der Waals surface area contributed by atoms with E-state index in [2.05, 4.69) is 15.6 Å². The first-order chi connectivity index (χ1) is 13.6. The van der Waals surface area contributed by atoms with Gasteiger partial charge in [-0.15, -0.1) is 11.3 Å². The monoisotopic (exact) mass is 413 g/mol. The molecule has 2 aromatic carbocycles. The summed E-state index contributed by atoms with van der Waals surface area (Å²) in [7, 11) is 0. The molecule has 0 aliphatic carbocycles. The van der Waals surface area contributed by atoms with Gasteiger partial charge < -0.3 is 10.6 Å². The Bertz CT molecular complexity index is 941. The Hall–Kier alpha value is -2.54. The molecule has 0 aliphatic heterocycles. The van der Waals surface area contributed by atoms with Gasteiger partial charge in [-0.25, -0.2) is 4.98 Å². The van der Waals surface area contributed by atoms with Crippen LogP contribution in [0.1, 0.15) is 37.0 Å². The number of aromatic nitrogens is 1. The zero-order valence-electron chi connectivity index (χ0n) is 15.2. The van der Waals surface area contributed by atoms with E-state index in [4.69, 9.17) is 11.6 Å². The van der Waals surface area contributed by atoms with Gasteiger partial charge in [-0.3, -0.25) is 9.59 Å². The van der Waals surface area contributed by atoms with Crippen LogP contribution in [0.25, 0.3) is 0 Å². The van der Waals surface area contributed by atoms with Crippen molar-refractivity contribution in [3.63, 3.8) is 0 Å². The first-order valence-electron chi connectivity index (χ1n) is 8.86. The van der Waals surface area contributed by atoms with Gasteiger partial charge in [0.2, 0.25) is 0 Å². The van der Waals surface area contributed by atoms with Crippen LogP contribution in [0.4, 0.5) is 0 Å². The maximum atomic E-state index is 12.2. The molecule has 1 aromatic heterocycles. The van der Waals surface area contributed by atoms with Crippen LogP contribution in [-0.4, -0.2) is 23.7 Å². The topological polar surface area (TPSA) is 71.1 Å². The Morgan fingerprint density at radius 2 is 1.93 bits per heavy atom. The van der Waals surface area contributed by atoms with Gasteiger partial charge in [-0.2, -0.15) is 0 Å². The first-order valence-corrected chi connectivity index (χ1v) is 10.1. The molecule has 0 fully saturated rings. The number of hydrogen-bond acceptors (Lipinski definition) is 5. The minimum atomic E-state index is -0.172. The highest BCUT2D eigenvalue weighted by molar-refractivity contribution is 7.09. The molecule has 0 saturated heterocycles. The van der Waals surface area contributed by atoms with Crippen molar-refractivity contribution in [2.24, 2.45) is 0 Å². The molecular weight excluding hydrogens is 394 g/mol. The highest BCUT2D eigenvalue weighted by Crippen LogP contribution is 2.12. The number of carbonyl (C=O) groups excluding carboxylic acids is 2. The van der Waals surface area contributed by atoms with Crippen LogP contribution in [0, 0.1) is 0 Å². The van der Waals surface area contributed by atoms with E-state index in [0.717, 1.165) is 22.4 Å². The summed E-state index contributed by atoms with van der Waals surface area (Å²) in [6.45, 7) is 1.77. The van der Waals surface area contributed by atoms with E-state index in [1.165, 1.54) is 11.3 Å². The molecule has 1 heterocycles. The minimum absolute atomic E-state index is 0.172. The fraction of sp³-hybridized carbons (Fsp3) is 0.190. The summed E-state index contributed by atoms with van der Waals surface area (Å²) < 4.78 is 0. The van der Waals surface area contributed by atoms with Gasteiger partial charge in [0.25, 0.3) is 5.91 Å². The van der Waals surface area contributed by atoms with Crippen LogP contribution in [0.15, 0.2) is 53.9 Å². The number of hydrogen-bond donors (Lipinski definition) is 2. The van der Waals surface area contributed by atoms with Crippen molar-refractivity contribution in [1.29, 1.82) is 0 Å². The first kappa shape index (κ1) is 20.2. The minimum Gasteiger partial charge on any atom is -0.350 e. The molecule has 0 atom stereocenters. The van der Waals surface area contributed by atoms with Gasteiger partial charge in [0.1, 0.15) is 17.0 Å². The van der Waals surface area contributed by atoms with Crippen molar-refractivity contribution < 1.29 is 9.59 Å². The van der Waals surface area contributed by atoms with E-state index in [0.29, 0.717) is 42.3 Å². The normalized spacial score (nSPS) is 10.6. The molecule has 2 N–H and O–H groups in total.